The summed E-state index contributed by atoms with van der Waals surface area (Å²) in [5, 5.41) is 24.3. The smallest absolute Gasteiger partial charge is 0.326 e. The van der Waals surface area contributed by atoms with Gasteiger partial charge in [0.05, 0.1) is 6.04 Å². The van der Waals surface area contributed by atoms with Gasteiger partial charge in [-0.1, -0.05) is 12.1 Å². The van der Waals surface area contributed by atoms with Crippen molar-refractivity contribution < 1.29 is 29.4 Å². The highest BCUT2D eigenvalue weighted by Gasteiger charge is 2.37. The van der Waals surface area contributed by atoms with Crippen LogP contribution in [0.3, 0.4) is 0 Å². The number of unbranched alkanes of at least 4 members (excludes halogenated alkanes) is 1. The molecule has 0 aromatic heterocycles. The number of hydrogen-bond acceptors (Lipinski definition) is 8. The van der Waals surface area contributed by atoms with Crippen molar-refractivity contribution in [3.63, 3.8) is 0 Å². The van der Waals surface area contributed by atoms with Crippen LogP contribution in [0.25, 0.3) is 0 Å². The highest BCUT2D eigenvalue weighted by Crippen LogP contribution is 2.19. The second kappa shape index (κ2) is 13.9. The first-order chi connectivity index (χ1) is 16.7. The number of carbonyl (C=O) groups excluding carboxylic acids is 3. The van der Waals surface area contributed by atoms with Crippen LogP contribution in [0, 0.1) is 0 Å². The monoisotopic (exact) mass is 509 g/mol. The van der Waals surface area contributed by atoms with Crippen molar-refractivity contribution in [2.45, 2.75) is 62.7 Å². The van der Waals surface area contributed by atoms with Gasteiger partial charge in [0.25, 0.3) is 0 Å². The third kappa shape index (κ3) is 8.41. The van der Waals surface area contributed by atoms with Gasteiger partial charge in [0, 0.05) is 18.7 Å². The van der Waals surface area contributed by atoms with E-state index in [2.05, 4.69) is 23.3 Å². The van der Waals surface area contributed by atoms with E-state index in [4.69, 9.17) is 11.5 Å². The second-order valence-corrected chi connectivity index (χ2v) is 8.96. The number of nitrogens with zero attached hydrogens (tertiary/aromatic N) is 1. The van der Waals surface area contributed by atoms with Crippen LogP contribution in [-0.2, 0) is 25.6 Å². The molecule has 0 aliphatic carbocycles. The molecule has 1 aliphatic rings. The third-order valence-electron chi connectivity index (χ3n) is 5.92. The molecule has 12 heteroatoms. The van der Waals surface area contributed by atoms with Crippen molar-refractivity contribution in [1.29, 1.82) is 0 Å². The van der Waals surface area contributed by atoms with Crippen molar-refractivity contribution in [3.8, 4) is 5.75 Å². The number of nitrogens with two attached hydrogens (primary N) is 2. The molecule has 1 aromatic rings. The van der Waals surface area contributed by atoms with Gasteiger partial charge in [-0.25, -0.2) is 4.79 Å². The number of phenols is 1. The van der Waals surface area contributed by atoms with Crippen LogP contribution < -0.4 is 22.1 Å². The molecule has 35 heavy (non-hydrogen) atoms. The SMILES string of the molecule is NCCCCC(NC(=O)C(Cc1ccc(O)cc1)NC(=O)C1CCCN1C(=O)C(N)CS)C(=O)O. The van der Waals surface area contributed by atoms with Gasteiger partial charge in [0.2, 0.25) is 17.7 Å². The molecule has 1 heterocycles. The fourth-order valence-corrected chi connectivity index (χ4v) is 4.12. The Bertz CT molecular complexity index is 884. The highest BCUT2D eigenvalue weighted by atomic mass is 32.1. The van der Waals surface area contributed by atoms with E-state index in [1.54, 1.807) is 12.1 Å². The molecule has 8 N–H and O–H groups in total. The minimum Gasteiger partial charge on any atom is -0.508 e. The summed E-state index contributed by atoms with van der Waals surface area (Å²) >= 11 is 4.05. The summed E-state index contributed by atoms with van der Waals surface area (Å²) in [7, 11) is 0. The number of aromatic hydroxyl groups is 1. The molecule has 0 radical (unpaired) electrons. The first kappa shape index (κ1) is 28.4. The molecule has 1 saturated heterocycles. The third-order valence-corrected chi connectivity index (χ3v) is 6.32. The standard InChI is InChI=1S/C23H35N5O6S/c24-10-2-1-4-17(23(33)34)26-20(30)18(12-14-6-8-15(29)9-7-14)27-21(31)19-5-3-11-28(19)22(32)16(25)13-35/h6-9,16-19,29,35H,1-5,10-13,24-25H2,(H,26,30)(H,27,31)(H,33,34). The van der Waals surface area contributed by atoms with Gasteiger partial charge in [-0.2, -0.15) is 12.6 Å². The summed E-state index contributed by atoms with van der Waals surface area (Å²) in [6, 6.07) is 2.26. The zero-order valence-corrected chi connectivity index (χ0v) is 20.5. The molecule has 2 rings (SSSR count). The van der Waals surface area contributed by atoms with E-state index in [1.807, 2.05) is 0 Å². The number of hydrogen-bond donors (Lipinski definition) is 7. The fraction of sp³-hybridized carbons (Fsp3) is 0.565. The number of carboxylic acid groups (broad SMARTS) is 1. The molecule has 1 aromatic carbocycles. The molecule has 4 atom stereocenters. The maximum Gasteiger partial charge on any atom is 0.326 e. The van der Waals surface area contributed by atoms with Crippen LogP contribution in [0.4, 0.5) is 0 Å². The minimum atomic E-state index is -1.18. The molecule has 0 saturated carbocycles. The molecule has 11 nitrogen and oxygen atoms in total. The fourth-order valence-electron chi connectivity index (χ4n) is 3.96. The van der Waals surface area contributed by atoms with E-state index in [1.165, 1.54) is 17.0 Å². The molecule has 3 amide bonds. The summed E-state index contributed by atoms with van der Waals surface area (Å²) in [5.74, 6) is -2.56. The van der Waals surface area contributed by atoms with Gasteiger partial charge in [0.1, 0.15) is 23.9 Å². The van der Waals surface area contributed by atoms with E-state index >= 15 is 0 Å². The zero-order chi connectivity index (χ0) is 26.0. The largest absolute Gasteiger partial charge is 0.508 e. The molecule has 0 bridgehead atoms. The van der Waals surface area contributed by atoms with Crippen LogP contribution in [-0.4, -0.2) is 81.8 Å². The first-order valence-electron chi connectivity index (χ1n) is 11.7. The van der Waals surface area contributed by atoms with Crippen LogP contribution in [0.15, 0.2) is 24.3 Å². The number of rotatable bonds is 13. The lowest BCUT2D eigenvalue weighted by Gasteiger charge is -2.28. The molecule has 194 valence electrons. The molecule has 1 aliphatic heterocycles. The van der Waals surface area contributed by atoms with Crippen molar-refractivity contribution >= 4 is 36.3 Å². The van der Waals surface area contributed by atoms with Gasteiger partial charge < -0.3 is 37.2 Å². The number of phenolic OH excluding ortho intramolecular Hbond substituents is 1. The van der Waals surface area contributed by atoms with E-state index < -0.39 is 42.0 Å². The van der Waals surface area contributed by atoms with Crippen molar-refractivity contribution in [3.05, 3.63) is 29.8 Å². The first-order valence-corrected chi connectivity index (χ1v) is 12.3. The number of carboxylic acids is 1. The van der Waals surface area contributed by atoms with E-state index in [0.717, 1.165) is 0 Å². The summed E-state index contributed by atoms with van der Waals surface area (Å²) in [6.45, 7) is 0.781. The van der Waals surface area contributed by atoms with Gasteiger partial charge in [-0.15, -0.1) is 0 Å². The number of amides is 3. The molecular weight excluding hydrogens is 474 g/mol. The van der Waals surface area contributed by atoms with Crippen molar-refractivity contribution in [1.82, 2.24) is 15.5 Å². The lowest BCUT2D eigenvalue weighted by Crippen LogP contribution is -2.57. The predicted octanol–water partition coefficient (Wildman–Crippen LogP) is -0.634. The van der Waals surface area contributed by atoms with E-state index in [9.17, 15) is 29.4 Å². The van der Waals surface area contributed by atoms with Gasteiger partial charge in [0.15, 0.2) is 0 Å². The Morgan fingerprint density at radius 3 is 2.40 bits per heavy atom. The lowest BCUT2D eigenvalue weighted by atomic mass is 10.0. The van der Waals surface area contributed by atoms with E-state index in [0.29, 0.717) is 44.3 Å². The van der Waals surface area contributed by atoms with Crippen molar-refractivity contribution in [2.75, 3.05) is 18.8 Å². The summed E-state index contributed by atoms with van der Waals surface area (Å²) in [4.78, 5) is 51.9. The molecule has 4 unspecified atom stereocenters. The van der Waals surface area contributed by atoms with Crippen LogP contribution >= 0.6 is 12.6 Å². The van der Waals surface area contributed by atoms with Crippen LogP contribution in [0.2, 0.25) is 0 Å². The topological polar surface area (TPSA) is 188 Å². The predicted molar refractivity (Wildman–Crippen MR) is 133 cm³/mol. The van der Waals surface area contributed by atoms with Gasteiger partial charge in [-0.3, -0.25) is 14.4 Å². The van der Waals surface area contributed by atoms with Gasteiger partial charge >= 0.3 is 5.97 Å². The number of carbonyl (C=O) groups is 4. The Morgan fingerprint density at radius 2 is 1.80 bits per heavy atom. The maximum absolute atomic E-state index is 13.1. The minimum absolute atomic E-state index is 0.0465. The van der Waals surface area contributed by atoms with Gasteiger partial charge in [-0.05, 0) is 56.3 Å². The van der Waals surface area contributed by atoms with E-state index in [-0.39, 0.29) is 30.3 Å². The molecular formula is C23H35N5O6S. The Kier molecular flexibility index (Phi) is 11.3. The van der Waals surface area contributed by atoms with Crippen LogP contribution in [0.5, 0.6) is 5.75 Å². The number of thiol groups is 1. The maximum atomic E-state index is 13.1. The van der Waals surface area contributed by atoms with Crippen LogP contribution in [0.1, 0.15) is 37.7 Å². The average molecular weight is 510 g/mol. The normalized spacial score (nSPS) is 17.9. The zero-order valence-electron chi connectivity index (χ0n) is 19.6. The summed E-state index contributed by atoms with van der Waals surface area (Å²) in [6.07, 6.45) is 2.43. The Balaban J connectivity index is 2.19. The molecule has 1 fully saturated rings. The Hall–Kier alpha value is -2.83. The summed E-state index contributed by atoms with van der Waals surface area (Å²) < 4.78 is 0. The quantitative estimate of drug-likeness (QED) is 0.135. The Labute approximate surface area is 210 Å². The number of nitrogens with one attached hydrogen (secondary N) is 2. The number of likely N-dealkylation sites (tertiary alicyclic amines) is 1. The van der Waals surface area contributed by atoms with Crippen molar-refractivity contribution in [2.24, 2.45) is 11.5 Å². The average Bonchev–Trinajstić information content (AvgIpc) is 3.33. The molecule has 0 spiro atoms. The Morgan fingerprint density at radius 1 is 1.11 bits per heavy atom. The number of benzene rings is 1. The summed E-state index contributed by atoms with van der Waals surface area (Å²) in [5.41, 5.74) is 11.9. The lowest BCUT2D eigenvalue weighted by molar-refractivity contribution is -0.143. The second-order valence-electron chi connectivity index (χ2n) is 8.59. The number of aliphatic carboxylic acids is 1. The highest BCUT2D eigenvalue weighted by molar-refractivity contribution is 7.80.